The third-order valence-electron chi connectivity index (χ3n) is 11.0. The van der Waals surface area contributed by atoms with Crippen molar-refractivity contribution in [1.29, 1.82) is 0 Å². The van der Waals surface area contributed by atoms with Gasteiger partial charge in [0.25, 0.3) is 5.91 Å². The molecule has 2 heterocycles. The molecule has 1 aliphatic heterocycles. The first-order valence-electron chi connectivity index (χ1n) is 17.0. The van der Waals surface area contributed by atoms with Crippen LogP contribution in [0.15, 0.2) is 66.7 Å². The molecule has 1 saturated heterocycles. The van der Waals surface area contributed by atoms with Crippen molar-refractivity contribution in [2.45, 2.75) is 64.2 Å². The zero-order valence-corrected chi connectivity index (χ0v) is 29.4. The summed E-state index contributed by atoms with van der Waals surface area (Å²) in [6.07, 6.45) is -3.61. The third-order valence-corrected chi connectivity index (χ3v) is 11.0. The number of hydrogen-bond donors (Lipinski definition) is 2. The molecule has 2 amide bonds. The molecule has 1 aromatic heterocycles. The number of H-pyrrole nitrogens is 1. The lowest BCUT2D eigenvalue weighted by molar-refractivity contribution is -0.150. The number of benzene rings is 3. The second kappa shape index (κ2) is 13.3. The smallest absolute Gasteiger partial charge is 0.416 e. The van der Waals surface area contributed by atoms with Gasteiger partial charge in [0.05, 0.1) is 25.5 Å². The molecule has 3 aromatic carbocycles. The summed E-state index contributed by atoms with van der Waals surface area (Å²) in [6, 6.07) is 18.1. The minimum Gasteiger partial charge on any atom is -0.497 e. The average Bonchev–Trinajstić information content (AvgIpc) is 3.43. The largest absolute Gasteiger partial charge is 0.497 e. The van der Waals surface area contributed by atoms with Crippen molar-refractivity contribution in [2.75, 3.05) is 39.7 Å². The molecule has 0 bridgehead atoms. The summed E-state index contributed by atoms with van der Waals surface area (Å²) in [7, 11) is 5.01. The maximum atomic E-state index is 14.8. The van der Waals surface area contributed by atoms with Crippen molar-refractivity contribution in [3.05, 3.63) is 89.1 Å². The number of methoxy groups -OCH3 is 2. The van der Waals surface area contributed by atoms with Crippen molar-refractivity contribution < 1.29 is 32.2 Å². The fraction of sp³-hybridized carbons (Fsp3) is 0.436. The van der Waals surface area contributed by atoms with Crippen LogP contribution in [0.3, 0.4) is 0 Å². The van der Waals surface area contributed by atoms with E-state index in [-0.39, 0.29) is 42.0 Å². The number of nitrogens with zero attached hydrogens (tertiary/aromatic N) is 2. The number of anilines is 1. The predicted octanol–water partition coefficient (Wildman–Crippen LogP) is 7.77. The average molecular weight is 691 g/mol. The Labute approximate surface area is 290 Å². The molecule has 1 saturated carbocycles. The SMILES string of the molecule is COc1ccc(NC(=O)C2(N(Cc3ccc(C(F)(F)F)cc3)C(=O)C[C@@H]3[C@@H](c4c(C)[nH]c5ccccc45)C3(C)C)CCN(C)CC2)c(OC)c1. The fourth-order valence-corrected chi connectivity index (χ4v) is 7.90. The van der Waals surface area contributed by atoms with E-state index in [1.165, 1.54) is 31.9 Å². The number of halogens is 3. The number of likely N-dealkylation sites (tertiary alicyclic amines) is 1. The molecule has 0 radical (unpaired) electrons. The zero-order chi connectivity index (χ0) is 36.0. The van der Waals surface area contributed by atoms with Crippen LogP contribution in [0.25, 0.3) is 10.9 Å². The van der Waals surface area contributed by atoms with Gasteiger partial charge in [-0.05, 0) is 85.5 Å². The second-order valence-electron chi connectivity index (χ2n) is 14.3. The van der Waals surface area contributed by atoms with E-state index in [2.05, 4.69) is 42.0 Å². The van der Waals surface area contributed by atoms with Crippen LogP contribution in [0.4, 0.5) is 18.9 Å². The second-order valence-corrected chi connectivity index (χ2v) is 14.3. The van der Waals surface area contributed by atoms with Crippen LogP contribution in [0.1, 0.15) is 61.4 Å². The van der Waals surface area contributed by atoms with Gasteiger partial charge in [-0.2, -0.15) is 13.2 Å². The van der Waals surface area contributed by atoms with Crippen LogP contribution >= 0.6 is 0 Å². The molecular formula is C39H45F3N4O4. The highest BCUT2D eigenvalue weighted by Crippen LogP contribution is 2.67. The number of amides is 2. The molecule has 8 nitrogen and oxygen atoms in total. The molecule has 2 atom stereocenters. The monoisotopic (exact) mass is 690 g/mol. The topological polar surface area (TPSA) is 86.9 Å². The Morgan fingerprint density at radius 2 is 1.68 bits per heavy atom. The maximum Gasteiger partial charge on any atom is 0.416 e. The number of hydrogen-bond acceptors (Lipinski definition) is 5. The van der Waals surface area contributed by atoms with Crippen LogP contribution in [0.2, 0.25) is 0 Å². The quantitative estimate of drug-likeness (QED) is 0.178. The Hall–Kier alpha value is -4.51. The molecule has 2 aliphatic rings. The number of para-hydroxylation sites is 1. The van der Waals surface area contributed by atoms with Gasteiger partial charge in [-0.25, -0.2) is 0 Å². The van der Waals surface area contributed by atoms with Crippen molar-refractivity contribution >= 4 is 28.4 Å². The number of rotatable bonds is 10. The number of piperidine rings is 1. The van der Waals surface area contributed by atoms with Crippen LogP contribution in [0, 0.1) is 18.3 Å². The molecular weight excluding hydrogens is 645 g/mol. The van der Waals surface area contributed by atoms with Crippen molar-refractivity contribution in [2.24, 2.45) is 11.3 Å². The van der Waals surface area contributed by atoms with Gasteiger partial charge in [0.15, 0.2) is 0 Å². The molecule has 11 heteroatoms. The number of carbonyl (C=O) groups excluding carboxylic acids is 2. The van der Waals surface area contributed by atoms with Gasteiger partial charge in [-0.1, -0.05) is 44.2 Å². The van der Waals surface area contributed by atoms with Gasteiger partial charge in [-0.3, -0.25) is 9.59 Å². The molecule has 2 fully saturated rings. The van der Waals surface area contributed by atoms with Crippen LogP contribution in [-0.2, 0) is 22.3 Å². The molecule has 266 valence electrons. The highest BCUT2D eigenvalue weighted by atomic mass is 19.4. The Morgan fingerprint density at radius 1 is 1.00 bits per heavy atom. The lowest BCUT2D eigenvalue weighted by Crippen LogP contribution is -2.62. The first-order chi connectivity index (χ1) is 23.7. The Bertz CT molecular complexity index is 1880. The normalized spacial score (nSPS) is 19.9. The van der Waals surface area contributed by atoms with Gasteiger partial charge in [-0.15, -0.1) is 0 Å². The number of aromatic nitrogens is 1. The standard InChI is InChI=1S/C39H45F3N4O4/c1-24-34(28-9-7-8-10-30(28)43-24)35-29(37(35,2)3)22-33(47)46(23-25-11-13-26(14-12-25)39(40,41)42)38(17-19-45(4)20-18-38)36(48)44-31-16-15-27(49-5)21-32(31)50-6/h7-16,21,29,35,43H,17-20,22-23H2,1-6H3,(H,44,48)/t29-,35+/m1/s1. The summed E-state index contributed by atoms with van der Waals surface area (Å²) < 4.78 is 51.3. The van der Waals surface area contributed by atoms with Crippen LogP contribution < -0.4 is 14.8 Å². The van der Waals surface area contributed by atoms with E-state index in [9.17, 15) is 22.8 Å². The van der Waals surface area contributed by atoms with E-state index in [1.807, 2.05) is 25.2 Å². The summed E-state index contributed by atoms with van der Waals surface area (Å²) in [6.45, 7) is 7.49. The van der Waals surface area contributed by atoms with Crippen LogP contribution in [-0.4, -0.2) is 66.5 Å². The molecule has 1 aliphatic carbocycles. The summed E-state index contributed by atoms with van der Waals surface area (Å²) in [5, 5.41) is 4.19. The van der Waals surface area contributed by atoms with Gasteiger partial charge in [0.2, 0.25) is 5.91 Å². The van der Waals surface area contributed by atoms with Crippen LogP contribution in [0.5, 0.6) is 11.5 Å². The minimum atomic E-state index is -4.49. The number of aryl methyl sites for hydroxylation is 1. The highest BCUT2D eigenvalue weighted by molar-refractivity contribution is 6.01. The van der Waals surface area contributed by atoms with Gasteiger partial charge >= 0.3 is 6.18 Å². The van der Waals surface area contributed by atoms with E-state index >= 15 is 0 Å². The van der Waals surface area contributed by atoms with Crippen molar-refractivity contribution in [3.63, 3.8) is 0 Å². The van der Waals surface area contributed by atoms with Crippen molar-refractivity contribution in [1.82, 2.24) is 14.8 Å². The summed E-state index contributed by atoms with van der Waals surface area (Å²) >= 11 is 0. The molecule has 4 aromatic rings. The van der Waals surface area contributed by atoms with E-state index < -0.39 is 17.3 Å². The fourth-order valence-electron chi connectivity index (χ4n) is 7.90. The van der Waals surface area contributed by atoms with E-state index in [0.717, 1.165) is 28.7 Å². The summed E-state index contributed by atoms with van der Waals surface area (Å²) in [4.78, 5) is 36.7. The molecule has 0 spiro atoms. The van der Waals surface area contributed by atoms with E-state index in [4.69, 9.17) is 9.47 Å². The predicted molar refractivity (Wildman–Crippen MR) is 187 cm³/mol. The lowest BCUT2D eigenvalue weighted by Gasteiger charge is -2.47. The van der Waals surface area contributed by atoms with E-state index in [1.54, 1.807) is 23.1 Å². The van der Waals surface area contributed by atoms with Gasteiger partial charge in [0.1, 0.15) is 17.0 Å². The Balaban J connectivity index is 1.37. The summed E-state index contributed by atoms with van der Waals surface area (Å²) in [5.74, 6) is 0.494. The maximum absolute atomic E-state index is 14.8. The number of carbonyl (C=O) groups is 2. The molecule has 50 heavy (non-hydrogen) atoms. The molecule has 6 rings (SSSR count). The Morgan fingerprint density at radius 3 is 2.32 bits per heavy atom. The minimum absolute atomic E-state index is 0.00364. The van der Waals surface area contributed by atoms with E-state index in [0.29, 0.717) is 48.7 Å². The molecule has 2 N–H and O–H groups in total. The zero-order valence-electron chi connectivity index (χ0n) is 29.4. The first kappa shape index (κ1) is 35.3. The molecule has 0 unspecified atom stereocenters. The highest BCUT2D eigenvalue weighted by Gasteiger charge is 2.61. The number of nitrogens with one attached hydrogen (secondary N) is 2. The first-order valence-corrected chi connectivity index (χ1v) is 17.0. The summed E-state index contributed by atoms with van der Waals surface area (Å²) in [5.41, 5.74) is 2.03. The number of fused-ring (bicyclic) bond motifs is 1. The lowest BCUT2D eigenvalue weighted by atomic mass is 9.83. The number of ether oxygens (including phenoxy) is 2. The third kappa shape index (κ3) is 6.55. The van der Waals surface area contributed by atoms with Gasteiger partial charge < -0.3 is 29.6 Å². The Kier molecular flexibility index (Phi) is 9.41. The number of alkyl halides is 3. The van der Waals surface area contributed by atoms with Crippen molar-refractivity contribution in [3.8, 4) is 11.5 Å². The van der Waals surface area contributed by atoms with Gasteiger partial charge in [0, 0.05) is 48.7 Å². The number of aromatic amines is 1.